The predicted molar refractivity (Wildman–Crippen MR) is 57.3 cm³/mol. The highest BCUT2D eigenvalue weighted by molar-refractivity contribution is 7.89. The molecule has 1 aliphatic carbocycles. The van der Waals surface area contributed by atoms with Crippen molar-refractivity contribution in [1.82, 2.24) is 20.0 Å². The topological polar surface area (TPSA) is 86.9 Å². The summed E-state index contributed by atoms with van der Waals surface area (Å²) >= 11 is 0. The van der Waals surface area contributed by atoms with Crippen molar-refractivity contribution < 1.29 is 8.42 Å². The molecule has 6 nitrogen and oxygen atoms in total. The van der Waals surface area contributed by atoms with Gasteiger partial charge in [0.15, 0.2) is 5.03 Å². The first-order valence-electron chi connectivity index (χ1n) is 5.32. The van der Waals surface area contributed by atoms with Gasteiger partial charge in [0, 0.05) is 6.04 Å². The number of hydrogen-bond donors (Lipinski definition) is 3. The lowest BCUT2D eigenvalue weighted by Gasteiger charge is -2.06. The van der Waals surface area contributed by atoms with Crippen molar-refractivity contribution in [3.63, 3.8) is 0 Å². The van der Waals surface area contributed by atoms with Gasteiger partial charge in [-0.1, -0.05) is 0 Å². The quantitative estimate of drug-likeness (QED) is 0.648. The van der Waals surface area contributed by atoms with Crippen molar-refractivity contribution in [2.45, 2.75) is 18.0 Å². The van der Waals surface area contributed by atoms with Crippen LogP contribution >= 0.6 is 0 Å². The number of fused-ring (bicyclic) bond motifs is 1. The predicted octanol–water partition coefficient (Wildman–Crippen LogP) is -0.786. The summed E-state index contributed by atoms with van der Waals surface area (Å²) in [6, 6.07) is 0.106. The summed E-state index contributed by atoms with van der Waals surface area (Å²) in [6.07, 6.45) is 1.36. The zero-order valence-electron chi connectivity index (χ0n) is 8.90. The third kappa shape index (κ3) is 1.55. The lowest BCUT2D eigenvalue weighted by Crippen LogP contribution is -2.32. The Hall–Kier alpha value is -0.920. The number of H-pyrrole nitrogens is 1. The minimum atomic E-state index is -3.41. The molecule has 1 saturated carbocycles. The van der Waals surface area contributed by atoms with Gasteiger partial charge in [0.25, 0.3) is 10.0 Å². The van der Waals surface area contributed by atoms with E-state index in [1.807, 2.05) is 0 Å². The Bertz CT molecular complexity index is 499. The number of rotatable bonds is 3. The average molecular weight is 242 g/mol. The molecule has 2 atom stereocenters. The van der Waals surface area contributed by atoms with Crippen LogP contribution in [0.2, 0.25) is 0 Å². The molecule has 2 aliphatic rings. The second-order valence-corrected chi connectivity index (χ2v) is 6.15. The molecule has 1 aliphatic heterocycles. The van der Waals surface area contributed by atoms with Crippen molar-refractivity contribution in [2.24, 2.45) is 11.8 Å². The van der Waals surface area contributed by atoms with Crippen LogP contribution < -0.4 is 10.0 Å². The molecule has 0 bridgehead atoms. The Morgan fingerprint density at radius 2 is 2.12 bits per heavy atom. The highest BCUT2D eigenvalue weighted by atomic mass is 32.2. The summed E-state index contributed by atoms with van der Waals surface area (Å²) in [5, 5.41) is 3.38. The molecule has 1 saturated heterocycles. The minimum absolute atomic E-state index is 0.106. The van der Waals surface area contributed by atoms with E-state index in [1.54, 1.807) is 6.92 Å². The molecule has 88 valence electrons. The first kappa shape index (κ1) is 10.2. The molecule has 1 aromatic heterocycles. The smallest absolute Gasteiger partial charge is 0.257 e. The van der Waals surface area contributed by atoms with Crippen LogP contribution in [0, 0.1) is 18.8 Å². The Morgan fingerprint density at radius 1 is 1.44 bits per heavy atom. The molecule has 0 aromatic carbocycles. The van der Waals surface area contributed by atoms with E-state index in [1.165, 1.54) is 6.20 Å². The highest BCUT2D eigenvalue weighted by Gasteiger charge is 2.54. The zero-order valence-corrected chi connectivity index (χ0v) is 9.71. The lowest BCUT2D eigenvalue weighted by molar-refractivity contribution is 0.562. The van der Waals surface area contributed by atoms with Gasteiger partial charge >= 0.3 is 0 Å². The van der Waals surface area contributed by atoms with Crippen LogP contribution in [-0.4, -0.2) is 37.5 Å². The SMILES string of the molecule is Cc1ncc(S(=O)(=O)NC2C3CNCC32)[nH]1. The van der Waals surface area contributed by atoms with Crippen molar-refractivity contribution >= 4 is 10.0 Å². The third-order valence-electron chi connectivity index (χ3n) is 3.35. The Kier molecular flexibility index (Phi) is 2.10. The molecular weight excluding hydrogens is 228 g/mol. The number of hydrogen-bond acceptors (Lipinski definition) is 4. The second kappa shape index (κ2) is 3.28. The monoisotopic (exact) mass is 242 g/mol. The third-order valence-corrected chi connectivity index (χ3v) is 4.72. The Balaban J connectivity index is 1.75. The standard InChI is InChI=1S/C9H14N4O2S/c1-5-11-4-8(12-5)16(14,15)13-9-6-2-10-3-7(6)9/h4,6-7,9-10,13H,2-3H2,1H3,(H,11,12). The summed E-state index contributed by atoms with van der Waals surface area (Å²) in [4.78, 5) is 6.63. The van der Waals surface area contributed by atoms with E-state index in [0.29, 0.717) is 17.7 Å². The molecule has 3 N–H and O–H groups in total. The molecular formula is C9H14N4O2S. The normalized spacial score (nSPS) is 32.7. The molecule has 2 unspecified atom stereocenters. The fourth-order valence-corrected chi connectivity index (χ4v) is 3.68. The largest absolute Gasteiger partial charge is 0.332 e. The Labute approximate surface area is 93.9 Å². The second-order valence-electron chi connectivity index (χ2n) is 4.47. The molecule has 1 aromatic rings. The average Bonchev–Trinajstić information content (AvgIpc) is 2.68. The number of nitrogens with zero attached hydrogens (tertiary/aromatic N) is 1. The van der Waals surface area contributed by atoms with Crippen LogP contribution in [-0.2, 0) is 10.0 Å². The van der Waals surface area contributed by atoms with Gasteiger partial charge in [0.05, 0.1) is 6.20 Å². The van der Waals surface area contributed by atoms with Gasteiger partial charge in [-0.3, -0.25) is 0 Å². The fourth-order valence-electron chi connectivity index (χ4n) is 2.37. The molecule has 16 heavy (non-hydrogen) atoms. The summed E-state index contributed by atoms with van der Waals surface area (Å²) in [6.45, 7) is 3.56. The molecule has 0 radical (unpaired) electrons. The summed E-state index contributed by atoms with van der Waals surface area (Å²) in [7, 11) is -3.41. The van der Waals surface area contributed by atoms with Crippen molar-refractivity contribution in [3.8, 4) is 0 Å². The molecule has 7 heteroatoms. The summed E-state index contributed by atoms with van der Waals surface area (Å²) in [5.41, 5.74) is 0. The number of piperidine rings is 1. The zero-order chi connectivity index (χ0) is 11.3. The maximum atomic E-state index is 11.9. The summed E-state index contributed by atoms with van der Waals surface area (Å²) < 4.78 is 26.6. The number of aromatic nitrogens is 2. The number of sulfonamides is 1. The molecule has 0 spiro atoms. The molecule has 2 fully saturated rings. The van der Waals surface area contributed by atoms with Gasteiger partial charge in [0.2, 0.25) is 0 Å². The van der Waals surface area contributed by atoms with E-state index in [2.05, 4.69) is 20.0 Å². The first-order chi connectivity index (χ1) is 7.58. The van der Waals surface area contributed by atoms with Gasteiger partial charge in [-0.25, -0.2) is 18.1 Å². The fraction of sp³-hybridized carbons (Fsp3) is 0.667. The van der Waals surface area contributed by atoms with Crippen LogP contribution in [0.1, 0.15) is 5.82 Å². The van der Waals surface area contributed by atoms with E-state index in [0.717, 1.165) is 13.1 Å². The molecule has 0 amide bonds. The molecule has 3 rings (SSSR count). The maximum absolute atomic E-state index is 11.9. The number of aryl methyl sites for hydroxylation is 1. The lowest BCUT2D eigenvalue weighted by atomic mass is 10.4. The van der Waals surface area contributed by atoms with Gasteiger partial charge in [-0.2, -0.15) is 0 Å². The van der Waals surface area contributed by atoms with E-state index in [9.17, 15) is 8.42 Å². The van der Waals surface area contributed by atoms with Crippen molar-refractivity contribution in [3.05, 3.63) is 12.0 Å². The van der Waals surface area contributed by atoms with Crippen molar-refractivity contribution in [2.75, 3.05) is 13.1 Å². The van der Waals surface area contributed by atoms with Crippen LogP contribution in [0.15, 0.2) is 11.2 Å². The number of nitrogens with one attached hydrogen (secondary N) is 3. The highest BCUT2D eigenvalue weighted by Crippen LogP contribution is 2.42. The van der Waals surface area contributed by atoms with Crippen LogP contribution in [0.4, 0.5) is 0 Å². The van der Waals surface area contributed by atoms with Crippen LogP contribution in [0.5, 0.6) is 0 Å². The van der Waals surface area contributed by atoms with Crippen LogP contribution in [0.3, 0.4) is 0 Å². The van der Waals surface area contributed by atoms with E-state index >= 15 is 0 Å². The van der Waals surface area contributed by atoms with E-state index < -0.39 is 10.0 Å². The Morgan fingerprint density at radius 3 is 2.69 bits per heavy atom. The van der Waals surface area contributed by atoms with Gasteiger partial charge in [-0.15, -0.1) is 0 Å². The van der Waals surface area contributed by atoms with Crippen molar-refractivity contribution in [1.29, 1.82) is 0 Å². The minimum Gasteiger partial charge on any atom is -0.332 e. The number of imidazole rings is 1. The summed E-state index contributed by atoms with van der Waals surface area (Å²) in [5.74, 6) is 1.55. The van der Waals surface area contributed by atoms with E-state index in [4.69, 9.17) is 0 Å². The van der Waals surface area contributed by atoms with Crippen LogP contribution in [0.25, 0.3) is 0 Å². The van der Waals surface area contributed by atoms with E-state index in [-0.39, 0.29) is 11.1 Å². The maximum Gasteiger partial charge on any atom is 0.257 e. The van der Waals surface area contributed by atoms with Gasteiger partial charge in [0.1, 0.15) is 5.82 Å². The van der Waals surface area contributed by atoms with Gasteiger partial charge < -0.3 is 10.3 Å². The molecule has 2 heterocycles. The first-order valence-corrected chi connectivity index (χ1v) is 6.81. The number of aromatic amines is 1. The van der Waals surface area contributed by atoms with Gasteiger partial charge in [-0.05, 0) is 31.8 Å².